The molecule has 0 fully saturated rings. The average Bonchev–Trinajstić information content (AvgIpc) is 2.55. The van der Waals surface area contributed by atoms with Gasteiger partial charge in [0, 0.05) is 24.5 Å². The van der Waals surface area contributed by atoms with Gasteiger partial charge in [0.1, 0.15) is 0 Å². The molecule has 0 bridgehead atoms. The van der Waals surface area contributed by atoms with Gasteiger partial charge in [-0.1, -0.05) is 23.7 Å². The summed E-state index contributed by atoms with van der Waals surface area (Å²) in [4.78, 5) is 11.7. The first-order valence-corrected chi connectivity index (χ1v) is 7.73. The van der Waals surface area contributed by atoms with Crippen molar-refractivity contribution in [2.45, 2.75) is 12.8 Å². The molecule has 0 aromatic heterocycles. The molecule has 3 nitrogen and oxygen atoms in total. The van der Waals surface area contributed by atoms with Crippen LogP contribution >= 0.6 is 11.6 Å². The van der Waals surface area contributed by atoms with E-state index in [9.17, 15) is 18.0 Å². The summed E-state index contributed by atoms with van der Waals surface area (Å²) in [7, 11) is 0. The molecule has 7 heteroatoms. The lowest BCUT2D eigenvalue weighted by atomic mass is 10.1. The first-order valence-electron chi connectivity index (χ1n) is 7.36. The molecule has 0 aliphatic heterocycles. The highest BCUT2D eigenvalue weighted by Gasteiger charge is 2.13. The van der Waals surface area contributed by atoms with E-state index in [0.717, 1.165) is 17.7 Å². The van der Waals surface area contributed by atoms with Crippen LogP contribution in [0.15, 0.2) is 36.4 Å². The average molecular weight is 357 g/mol. The van der Waals surface area contributed by atoms with Gasteiger partial charge in [0.05, 0.1) is 5.69 Å². The molecule has 2 aromatic carbocycles. The van der Waals surface area contributed by atoms with Gasteiger partial charge in [-0.05, 0) is 36.2 Å². The van der Waals surface area contributed by atoms with E-state index in [1.807, 2.05) is 18.2 Å². The topological polar surface area (TPSA) is 41.1 Å². The summed E-state index contributed by atoms with van der Waals surface area (Å²) in [5, 5.41) is 5.93. The Morgan fingerprint density at radius 2 is 1.83 bits per heavy atom. The molecule has 2 N–H and O–H groups in total. The minimum Gasteiger partial charge on any atom is -0.382 e. The van der Waals surface area contributed by atoms with Crippen molar-refractivity contribution in [2.75, 3.05) is 18.4 Å². The minimum atomic E-state index is -1.54. The predicted octanol–water partition coefficient (Wildman–Crippen LogP) is 3.92. The molecule has 0 spiro atoms. The van der Waals surface area contributed by atoms with Gasteiger partial charge >= 0.3 is 0 Å². The second kappa shape index (κ2) is 8.59. The molecular formula is C17H16ClF3N2O. The maximum Gasteiger partial charge on any atom is 0.221 e. The third kappa shape index (κ3) is 5.16. The molecule has 0 aliphatic rings. The summed E-state index contributed by atoms with van der Waals surface area (Å²) >= 11 is 5.87. The Morgan fingerprint density at radius 3 is 2.58 bits per heavy atom. The monoisotopic (exact) mass is 356 g/mol. The Hall–Kier alpha value is -2.21. The number of amides is 1. The van der Waals surface area contributed by atoms with E-state index >= 15 is 0 Å². The Bertz CT molecular complexity index is 725. The highest BCUT2D eigenvalue weighted by molar-refractivity contribution is 6.30. The van der Waals surface area contributed by atoms with E-state index in [0.29, 0.717) is 18.0 Å². The molecule has 0 aliphatic carbocycles. The zero-order valence-corrected chi connectivity index (χ0v) is 13.5. The number of hydrogen-bond acceptors (Lipinski definition) is 2. The van der Waals surface area contributed by atoms with Crippen molar-refractivity contribution < 1.29 is 18.0 Å². The number of rotatable bonds is 7. The van der Waals surface area contributed by atoms with Crippen molar-refractivity contribution in [1.29, 1.82) is 0 Å². The summed E-state index contributed by atoms with van der Waals surface area (Å²) in [6, 6.07) is 9.25. The van der Waals surface area contributed by atoms with Crippen molar-refractivity contribution in [1.82, 2.24) is 5.32 Å². The highest BCUT2D eigenvalue weighted by Crippen LogP contribution is 2.19. The van der Waals surface area contributed by atoms with E-state index in [-0.39, 0.29) is 24.6 Å². The number of anilines is 1. The van der Waals surface area contributed by atoms with E-state index in [4.69, 9.17) is 11.6 Å². The Labute approximate surface area is 142 Å². The lowest BCUT2D eigenvalue weighted by molar-refractivity contribution is -0.120. The van der Waals surface area contributed by atoms with Gasteiger partial charge in [-0.2, -0.15) is 0 Å². The molecule has 24 heavy (non-hydrogen) atoms. The fourth-order valence-corrected chi connectivity index (χ4v) is 2.31. The SMILES string of the molecule is O=C(CCNc1ccc(F)c(F)c1F)NCCc1cccc(Cl)c1. The lowest BCUT2D eigenvalue weighted by Crippen LogP contribution is -2.27. The van der Waals surface area contributed by atoms with Crippen LogP contribution in [0.2, 0.25) is 5.02 Å². The first kappa shape index (κ1) is 18.1. The van der Waals surface area contributed by atoms with Crippen LogP contribution in [0.1, 0.15) is 12.0 Å². The summed E-state index contributed by atoms with van der Waals surface area (Å²) in [5.41, 5.74) is 0.824. The number of nitrogens with one attached hydrogen (secondary N) is 2. The second-order valence-electron chi connectivity index (χ2n) is 5.13. The molecule has 0 atom stereocenters. The molecule has 0 radical (unpaired) electrons. The van der Waals surface area contributed by atoms with E-state index in [2.05, 4.69) is 10.6 Å². The Kier molecular flexibility index (Phi) is 6.49. The smallest absolute Gasteiger partial charge is 0.221 e. The molecule has 1 amide bonds. The largest absolute Gasteiger partial charge is 0.382 e. The van der Waals surface area contributed by atoms with Crippen LogP contribution in [0, 0.1) is 17.5 Å². The third-order valence-electron chi connectivity index (χ3n) is 3.33. The van der Waals surface area contributed by atoms with Gasteiger partial charge in [-0.15, -0.1) is 0 Å². The maximum absolute atomic E-state index is 13.4. The van der Waals surface area contributed by atoms with Crippen molar-refractivity contribution in [3.05, 3.63) is 64.4 Å². The number of carbonyl (C=O) groups is 1. The van der Waals surface area contributed by atoms with Crippen LogP contribution in [-0.2, 0) is 11.2 Å². The zero-order chi connectivity index (χ0) is 17.5. The van der Waals surface area contributed by atoms with E-state index in [1.165, 1.54) is 0 Å². The van der Waals surface area contributed by atoms with Crippen LogP contribution < -0.4 is 10.6 Å². The van der Waals surface area contributed by atoms with Gasteiger partial charge in [0.15, 0.2) is 17.5 Å². The lowest BCUT2D eigenvalue weighted by Gasteiger charge is -2.09. The van der Waals surface area contributed by atoms with E-state index in [1.54, 1.807) is 6.07 Å². The first-order chi connectivity index (χ1) is 11.5. The van der Waals surface area contributed by atoms with E-state index < -0.39 is 17.5 Å². The standard InChI is InChI=1S/C17H16ClF3N2O/c18-12-3-1-2-11(10-12)6-8-23-15(24)7-9-22-14-5-4-13(19)16(20)17(14)21/h1-5,10,22H,6-9H2,(H,23,24). The summed E-state index contributed by atoms with van der Waals surface area (Å²) in [6.07, 6.45) is 0.714. The second-order valence-corrected chi connectivity index (χ2v) is 5.57. The number of carbonyl (C=O) groups excluding carboxylic acids is 1. The van der Waals surface area contributed by atoms with Crippen LogP contribution in [-0.4, -0.2) is 19.0 Å². The van der Waals surface area contributed by atoms with Gasteiger partial charge in [0.25, 0.3) is 0 Å². The van der Waals surface area contributed by atoms with Crippen LogP contribution in [0.3, 0.4) is 0 Å². The van der Waals surface area contributed by atoms with Crippen molar-refractivity contribution in [2.24, 2.45) is 0 Å². The normalized spacial score (nSPS) is 10.5. The Balaban J connectivity index is 1.71. The third-order valence-corrected chi connectivity index (χ3v) is 3.56. The highest BCUT2D eigenvalue weighted by atomic mass is 35.5. The zero-order valence-electron chi connectivity index (χ0n) is 12.7. The predicted molar refractivity (Wildman–Crippen MR) is 87.6 cm³/mol. The van der Waals surface area contributed by atoms with Gasteiger partial charge in [0.2, 0.25) is 5.91 Å². The Morgan fingerprint density at radius 1 is 1.04 bits per heavy atom. The van der Waals surface area contributed by atoms with Crippen LogP contribution in [0.4, 0.5) is 18.9 Å². The number of benzene rings is 2. The van der Waals surface area contributed by atoms with Crippen molar-refractivity contribution >= 4 is 23.2 Å². The molecule has 128 valence electrons. The van der Waals surface area contributed by atoms with Gasteiger partial charge in [-0.3, -0.25) is 4.79 Å². The molecule has 0 unspecified atom stereocenters. The van der Waals surface area contributed by atoms with Crippen LogP contribution in [0.25, 0.3) is 0 Å². The molecule has 2 rings (SSSR count). The van der Waals surface area contributed by atoms with Crippen LogP contribution in [0.5, 0.6) is 0 Å². The molecule has 2 aromatic rings. The molecule has 0 heterocycles. The minimum absolute atomic E-state index is 0.0774. The number of halogens is 4. The fraction of sp³-hybridized carbons (Fsp3) is 0.235. The molecular weight excluding hydrogens is 341 g/mol. The van der Waals surface area contributed by atoms with Crippen molar-refractivity contribution in [3.8, 4) is 0 Å². The van der Waals surface area contributed by atoms with Gasteiger partial charge in [-0.25, -0.2) is 13.2 Å². The van der Waals surface area contributed by atoms with Gasteiger partial charge < -0.3 is 10.6 Å². The van der Waals surface area contributed by atoms with Crippen molar-refractivity contribution in [3.63, 3.8) is 0 Å². The quantitative estimate of drug-likeness (QED) is 0.738. The maximum atomic E-state index is 13.4. The summed E-state index contributed by atoms with van der Waals surface area (Å²) in [5.74, 6) is -4.31. The molecule has 0 saturated carbocycles. The number of hydrogen-bond donors (Lipinski definition) is 2. The summed E-state index contributed by atoms with van der Waals surface area (Å²) < 4.78 is 39.3. The molecule has 0 saturated heterocycles. The fourth-order valence-electron chi connectivity index (χ4n) is 2.10. The summed E-state index contributed by atoms with van der Waals surface area (Å²) in [6.45, 7) is 0.545.